The van der Waals surface area contributed by atoms with Crippen LogP contribution in [0.1, 0.15) is 110 Å². The van der Waals surface area contributed by atoms with Crippen LogP contribution in [0.15, 0.2) is 0 Å². The van der Waals surface area contributed by atoms with Gasteiger partial charge in [-0.2, -0.15) is 0 Å². The van der Waals surface area contributed by atoms with E-state index in [-0.39, 0.29) is 0 Å². The van der Waals surface area contributed by atoms with Crippen molar-refractivity contribution in [2.45, 2.75) is 110 Å². The molecular formula is C18H40O5Si. The van der Waals surface area contributed by atoms with Gasteiger partial charge in [-0.05, 0) is 6.42 Å². The molecule has 0 aromatic heterocycles. The molecule has 0 aliphatic carbocycles. The molecule has 0 heterocycles. The first kappa shape index (κ1) is 25.8. The summed E-state index contributed by atoms with van der Waals surface area (Å²) in [5.41, 5.74) is 0. The number of aliphatic carboxylic acids is 1. The molecule has 146 valence electrons. The first-order valence-electron chi connectivity index (χ1n) is 9.78. The topological polar surface area (TPSA) is 87.0 Å². The lowest BCUT2D eigenvalue weighted by atomic mass is 10.0. The second-order valence-corrected chi connectivity index (χ2v) is 6.87. The van der Waals surface area contributed by atoms with Gasteiger partial charge < -0.3 is 9.90 Å². The Balaban J connectivity index is 0. The monoisotopic (exact) mass is 364 g/mol. The molecule has 0 saturated heterocycles. The fraction of sp³-hybridized carbons (Fsp3) is 0.944. The lowest BCUT2D eigenvalue weighted by Crippen LogP contribution is -1.93. The van der Waals surface area contributed by atoms with E-state index in [1.165, 1.54) is 83.5 Å². The van der Waals surface area contributed by atoms with Crippen molar-refractivity contribution in [3.8, 4) is 0 Å². The molecule has 6 heteroatoms. The molecule has 0 rings (SSSR count). The van der Waals surface area contributed by atoms with Crippen LogP contribution in [0.2, 0.25) is 0 Å². The lowest BCUT2D eigenvalue weighted by Gasteiger charge is -2.03. The van der Waals surface area contributed by atoms with Crippen LogP contribution in [0.25, 0.3) is 0 Å². The molecule has 24 heavy (non-hydrogen) atoms. The van der Waals surface area contributed by atoms with Gasteiger partial charge in [0.25, 0.3) is 0 Å². The fourth-order valence-corrected chi connectivity index (χ4v) is 2.65. The van der Waals surface area contributed by atoms with Crippen molar-refractivity contribution < 1.29 is 24.5 Å². The molecule has 0 atom stereocenters. The highest BCUT2D eigenvalue weighted by Crippen LogP contribution is 2.13. The summed E-state index contributed by atoms with van der Waals surface area (Å²) in [4.78, 5) is 17.9. The van der Waals surface area contributed by atoms with Crippen molar-refractivity contribution in [2.75, 3.05) is 0 Å². The highest BCUT2D eigenvalue weighted by atomic mass is 28.2. The molecule has 0 unspecified atom stereocenters. The second-order valence-electron chi connectivity index (χ2n) is 6.35. The van der Waals surface area contributed by atoms with Crippen molar-refractivity contribution in [3.63, 3.8) is 0 Å². The molecule has 0 bridgehead atoms. The first-order chi connectivity index (χ1) is 11.7. The number of carbonyl (C=O) groups is 1. The summed E-state index contributed by atoms with van der Waals surface area (Å²) in [7, 11) is -1.52. The Morgan fingerprint density at radius 1 is 0.750 bits per heavy atom. The third-order valence-electron chi connectivity index (χ3n) is 4.05. The normalized spacial score (nSPS) is 10.8. The second kappa shape index (κ2) is 24.8. The fourth-order valence-electron chi connectivity index (χ4n) is 2.65. The van der Waals surface area contributed by atoms with E-state index in [9.17, 15) is 4.79 Å². The van der Waals surface area contributed by atoms with E-state index in [1.807, 2.05) is 0 Å². The van der Waals surface area contributed by atoms with Crippen molar-refractivity contribution in [1.29, 1.82) is 0 Å². The van der Waals surface area contributed by atoms with Crippen LogP contribution >= 0.6 is 0 Å². The van der Waals surface area contributed by atoms with Gasteiger partial charge in [0.2, 0.25) is 0 Å². The molecule has 0 radical (unpaired) electrons. The number of rotatable bonds is 17. The lowest BCUT2D eigenvalue weighted by molar-refractivity contribution is -0.148. The highest BCUT2D eigenvalue weighted by Gasteiger charge is 1.97. The molecule has 0 aliphatic heterocycles. The Morgan fingerprint density at radius 2 is 1.04 bits per heavy atom. The summed E-state index contributed by atoms with van der Waals surface area (Å²) in [6.07, 6.45) is 20.2. The first-order valence-corrected chi connectivity index (χ1v) is 11.0. The molecule has 0 saturated carbocycles. The van der Waals surface area contributed by atoms with Crippen LogP contribution in [-0.4, -0.2) is 31.1 Å². The SMILES string of the molecule is CCCCCCCCCCCCCCCCCC(=O)O.OO[SiH2]O. The average Bonchev–Trinajstić information content (AvgIpc) is 2.58. The van der Waals surface area contributed by atoms with Gasteiger partial charge >= 0.3 is 16.0 Å². The van der Waals surface area contributed by atoms with Gasteiger partial charge in [-0.1, -0.05) is 96.8 Å². The summed E-state index contributed by atoms with van der Waals surface area (Å²) in [6.45, 7) is 2.27. The quantitative estimate of drug-likeness (QED) is 0.149. The van der Waals surface area contributed by atoms with Crippen LogP contribution < -0.4 is 0 Å². The maximum absolute atomic E-state index is 10.3. The van der Waals surface area contributed by atoms with Crippen LogP contribution in [0.4, 0.5) is 0 Å². The van der Waals surface area contributed by atoms with E-state index >= 15 is 0 Å². The van der Waals surface area contributed by atoms with Gasteiger partial charge in [0.1, 0.15) is 0 Å². The van der Waals surface area contributed by atoms with Gasteiger partial charge in [-0.3, -0.25) is 14.6 Å². The van der Waals surface area contributed by atoms with Crippen molar-refractivity contribution in [3.05, 3.63) is 0 Å². The number of hydrogen-bond donors (Lipinski definition) is 3. The standard InChI is InChI=1S/C18H36O2.H4O3Si/c1-2-3-4-5-6-7-8-9-10-11-12-13-14-15-16-17-18(19)20;1-3-4-2/h2-17H2,1H3,(H,19,20);1-2H,4H2. The summed E-state index contributed by atoms with van der Waals surface area (Å²) in [5.74, 6) is -0.653. The zero-order chi connectivity index (χ0) is 18.3. The van der Waals surface area contributed by atoms with Gasteiger partial charge in [-0.25, -0.2) is 0 Å². The maximum Gasteiger partial charge on any atom is 0.341 e. The van der Waals surface area contributed by atoms with Crippen molar-refractivity contribution >= 4 is 16.0 Å². The largest absolute Gasteiger partial charge is 0.481 e. The number of carboxylic acid groups (broad SMARTS) is 1. The zero-order valence-electron chi connectivity index (χ0n) is 15.7. The molecule has 5 nitrogen and oxygen atoms in total. The smallest absolute Gasteiger partial charge is 0.341 e. The average molecular weight is 365 g/mol. The Kier molecular flexibility index (Phi) is 26.7. The highest BCUT2D eigenvalue weighted by molar-refractivity contribution is 6.15. The van der Waals surface area contributed by atoms with E-state index < -0.39 is 16.0 Å². The Labute approximate surface area is 150 Å². The van der Waals surface area contributed by atoms with E-state index in [1.54, 1.807) is 0 Å². The molecule has 3 N–H and O–H groups in total. The zero-order valence-corrected chi connectivity index (χ0v) is 17.1. The van der Waals surface area contributed by atoms with Crippen LogP contribution in [0, 0.1) is 0 Å². The predicted molar refractivity (Wildman–Crippen MR) is 102 cm³/mol. The summed E-state index contributed by atoms with van der Waals surface area (Å²) >= 11 is 0. The predicted octanol–water partition coefficient (Wildman–Crippen LogP) is 4.80. The minimum absolute atomic E-state index is 0.345. The van der Waals surface area contributed by atoms with E-state index in [4.69, 9.17) is 15.2 Å². The third-order valence-corrected chi connectivity index (χ3v) is 4.17. The molecule has 0 fully saturated rings. The number of hydrogen-bond acceptors (Lipinski definition) is 4. The summed E-state index contributed by atoms with van der Waals surface area (Å²) in [6, 6.07) is 0. The van der Waals surface area contributed by atoms with Gasteiger partial charge in [0.05, 0.1) is 0 Å². The third kappa shape index (κ3) is 29.6. The molecular weight excluding hydrogens is 324 g/mol. The summed E-state index contributed by atoms with van der Waals surface area (Å²) < 4.78 is 3.24. The van der Waals surface area contributed by atoms with Crippen molar-refractivity contribution in [2.24, 2.45) is 0 Å². The molecule has 0 aliphatic rings. The van der Waals surface area contributed by atoms with Crippen LogP contribution in [0.3, 0.4) is 0 Å². The van der Waals surface area contributed by atoms with E-state index in [0.29, 0.717) is 6.42 Å². The van der Waals surface area contributed by atoms with Gasteiger partial charge in [-0.15, -0.1) is 0 Å². The van der Waals surface area contributed by atoms with Gasteiger partial charge in [0, 0.05) is 6.42 Å². The van der Waals surface area contributed by atoms with Crippen LogP contribution in [-0.2, 0) is 9.37 Å². The molecule has 0 amide bonds. The van der Waals surface area contributed by atoms with E-state index in [0.717, 1.165) is 12.8 Å². The minimum Gasteiger partial charge on any atom is -0.481 e. The minimum atomic E-state index is -1.52. The van der Waals surface area contributed by atoms with Crippen LogP contribution in [0.5, 0.6) is 0 Å². The summed E-state index contributed by atoms with van der Waals surface area (Å²) in [5, 5.41) is 15.7. The molecule has 0 spiro atoms. The Bertz CT molecular complexity index is 237. The molecule has 0 aromatic carbocycles. The van der Waals surface area contributed by atoms with Crippen molar-refractivity contribution in [1.82, 2.24) is 0 Å². The Morgan fingerprint density at radius 3 is 1.29 bits per heavy atom. The van der Waals surface area contributed by atoms with Gasteiger partial charge in [0.15, 0.2) is 0 Å². The Hall–Kier alpha value is -0.433. The maximum atomic E-state index is 10.3. The number of unbranched alkanes of at least 4 members (excludes halogenated alkanes) is 14. The number of carboxylic acids is 1. The van der Waals surface area contributed by atoms with E-state index in [2.05, 4.69) is 11.5 Å². The molecule has 0 aromatic rings.